The number of Topliss-reactive ketones (excluding diaryl/α,β-unsaturated/α-hetero) is 1. The SMILES string of the molecule is Cc1cc(C)cc(C(=O)CCN2CCCC(C)C2C)c1. The predicted octanol–water partition coefficient (Wildman–Crippen LogP) is 4.00. The fourth-order valence-corrected chi connectivity index (χ4v) is 3.26. The smallest absolute Gasteiger partial charge is 0.164 e. The van der Waals surface area contributed by atoms with Crippen molar-refractivity contribution in [1.29, 1.82) is 0 Å². The van der Waals surface area contributed by atoms with Gasteiger partial charge in [-0.3, -0.25) is 9.69 Å². The minimum atomic E-state index is 0.280. The molecule has 20 heavy (non-hydrogen) atoms. The summed E-state index contributed by atoms with van der Waals surface area (Å²) in [5.74, 6) is 1.03. The van der Waals surface area contributed by atoms with Gasteiger partial charge in [0, 0.05) is 24.6 Å². The lowest BCUT2D eigenvalue weighted by Crippen LogP contribution is -2.43. The number of aryl methyl sites for hydroxylation is 2. The standard InChI is InChI=1S/C18H27NO/c1-13-10-14(2)12-17(11-13)18(20)7-9-19-8-5-6-15(3)16(19)4/h10-12,15-16H,5-9H2,1-4H3. The zero-order valence-corrected chi connectivity index (χ0v) is 13.3. The lowest BCUT2D eigenvalue weighted by molar-refractivity contribution is 0.0877. The second-order valence-electron chi connectivity index (χ2n) is 6.45. The van der Waals surface area contributed by atoms with Gasteiger partial charge in [-0.05, 0) is 58.2 Å². The maximum atomic E-state index is 12.4. The molecular weight excluding hydrogens is 246 g/mol. The number of ketones is 1. The Balaban J connectivity index is 1.94. The Morgan fingerprint density at radius 1 is 1.20 bits per heavy atom. The summed E-state index contributed by atoms with van der Waals surface area (Å²) in [6.07, 6.45) is 3.23. The molecule has 110 valence electrons. The first-order chi connectivity index (χ1) is 9.47. The third-order valence-electron chi connectivity index (χ3n) is 4.67. The molecule has 1 heterocycles. The Morgan fingerprint density at radius 2 is 1.85 bits per heavy atom. The maximum absolute atomic E-state index is 12.4. The second-order valence-corrected chi connectivity index (χ2v) is 6.45. The van der Waals surface area contributed by atoms with Gasteiger partial charge in [0.15, 0.2) is 5.78 Å². The van der Waals surface area contributed by atoms with Crippen LogP contribution in [0.5, 0.6) is 0 Å². The monoisotopic (exact) mass is 273 g/mol. The van der Waals surface area contributed by atoms with Crippen molar-refractivity contribution in [3.8, 4) is 0 Å². The molecule has 2 unspecified atom stereocenters. The molecule has 0 radical (unpaired) electrons. The van der Waals surface area contributed by atoms with Crippen LogP contribution in [0.3, 0.4) is 0 Å². The Labute approximate surface area is 123 Å². The quantitative estimate of drug-likeness (QED) is 0.773. The van der Waals surface area contributed by atoms with Crippen LogP contribution in [0.2, 0.25) is 0 Å². The van der Waals surface area contributed by atoms with Crippen LogP contribution < -0.4 is 0 Å². The van der Waals surface area contributed by atoms with E-state index in [0.717, 1.165) is 24.6 Å². The van der Waals surface area contributed by atoms with Crippen molar-refractivity contribution in [3.63, 3.8) is 0 Å². The molecule has 0 N–H and O–H groups in total. The van der Waals surface area contributed by atoms with Crippen molar-refractivity contribution < 1.29 is 4.79 Å². The van der Waals surface area contributed by atoms with Gasteiger partial charge >= 0.3 is 0 Å². The zero-order valence-electron chi connectivity index (χ0n) is 13.3. The summed E-state index contributed by atoms with van der Waals surface area (Å²) in [4.78, 5) is 14.8. The fourth-order valence-electron chi connectivity index (χ4n) is 3.26. The fraction of sp³-hybridized carbons (Fsp3) is 0.611. The van der Waals surface area contributed by atoms with E-state index in [1.54, 1.807) is 0 Å². The van der Waals surface area contributed by atoms with Crippen molar-refractivity contribution in [2.75, 3.05) is 13.1 Å². The molecule has 1 aliphatic heterocycles. The molecule has 2 atom stereocenters. The van der Waals surface area contributed by atoms with E-state index in [-0.39, 0.29) is 5.78 Å². The number of likely N-dealkylation sites (tertiary alicyclic amines) is 1. The Morgan fingerprint density at radius 3 is 2.50 bits per heavy atom. The molecule has 1 saturated heterocycles. The van der Waals surface area contributed by atoms with E-state index >= 15 is 0 Å². The molecule has 2 nitrogen and oxygen atoms in total. The molecule has 0 bridgehead atoms. The van der Waals surface area contributed by atoms with Crippen LogP contribution in [0.1, 0.15) is 54.6 Å². The summed E-state index contributed by atoms with van der Waals surface area (Å²) >= 11 is 0. The Bertz CT molecular complexity index is 460. The molecule has 0 aromatic heterocycles. The van der Waals surface area contributed by atoms with Gasteiger partial charge in [0.05, 0.1) is 0 Å². The molecular formula is C18H27NO. The number of carbonyl (C=O) groups excluding carboxylic acids is 1. The molecule has 1 aliphatic rings. The number of hydrogen-bond acceptors (Lipinski definition) is 2. The molecule has 1 aromatic carbocycles. The van der Waals surface area contributed by atoms with Crippen LogP contribution in [-0.2, 0) is 0 Å². The minimum Gasteiger partial charge on any atom is -0.300 e. The second kappa shape index (κ2) is 6.53. The van der Waals surface area contributed by atoms with Crippen LogP contribution in [0.25, 0.3) is 0 Å². The summed E-state index contributed by atoms with van der Waals surface area (Å²) in [5.41, 5.74) is 3.22. The third-order valence-corrected chi connectivity index (χ3v) is 4.67. The summed E-state index contributed by atoms with van der Waals surface area (Å²) in [5, 5.41) is 0. The van der Waals surface area contributed by atoms with Crippen LogP contribution >= 0.6 is 0 Å². The summed E-state index contributed by atoms with van der Waals surface area (Å²) in [6, 6.07) is 6.75. The van der Waals surface area contributed by atoms with E-state index in [0.29, 0.717) is 12.5 Å². The number of piperidine rings is 1. The topological polar surface area (TPSA) is 20.3 Å². The number of rotatable bonds is 4. The summed E-state index contributed by atoms with van der Waals surface area (Å²) < 4.78 is 0. The lowest BCUT2D eigenvalue weighted by atomic mass is 9.91. The largest absolute Gasteiger partial charge is 0.300 e. The van der Waals surface area contributed by atoms with Crippen LogP contribution in [0.15, 0.2) is 18.2 Å². The van der Waals surface area contributed by atoms with Gasteiger partial charge in [0.2, 0.25) is 0 Å². The Kier molecular flexibility index (Phi) is 4.98. The van der Waals surface area contributed by atoms with Crippen molar-refractivity contribution in [1.82, 2.24) is 4.90 Å². The predicted molar refractivity (Wildman–Crippen MR) is 84.3 cm³/mol. The van der Waals surface area contributed by atoms with Gasteiger partial charge in [-0.1, -0.05) is 24.1 Å². The van der Waals surface area contributed by atoms with E-state index in [2.05, 4.69) is 38.7 Å². The van der Waals surface area contributed by atoms with Gasteiger partial charge in [-0.25, -0.2) is 0 Å². The highest BCUT2D eigenvalue weighted by atomic mass is 16.1. The molecule has 0 spiro atoms. The average molecular weight is 273 g/mol. The number of carbonyl (C=O) groups is 1. The first-order valence-corrected chi connectivity index (χ1v) is 7.83. The van der Waals surface area contributed by atoms with E-state index in [1.165, 1.54) is 24.0 Å². The van der Waals surface area contributed by atoms with Gasteiger partial charge in [0.25, 0.3) is 0 Å². The van der Waals surface area contributed by atoms with Crippen molar-refractivity contribution in [2.24, 2.45) is 5.92 Å². The van der Waals surface area contributed by atoms with Crippen molar-refractivity contribution in [2.45, 2.75) is 53.0 Å². The molecule has 0 amide bonds. The first kappa shape index (κ1) is 15.2. The van der Waals surface area contributed by atoms with Crippen LogP contribution in [0, 0.1) is 19.8 Å². The molecule has 1 aromatic rings. The van der Waals surface area contributed by atoms with Gasteiger partial charge < -0.3 is 0 Å². The van der Waals surface area contributed by atoms with Crippen molar-refractivity contribution in [3.05, 3.63) is 34.9 Å². The lowest BCUT2D eigenvalue weighted by Gasteiger charge is -2.37. The van der Waals surface area contributed by atoms with E-state index in [9.17, 15) is 4.79 Å². The summed E-state index contributed by atoms with van der Waals surface area (Å²) in [7, 11) is 0. The van der Waals surface area contributed by atoms with Gasteiger partial charge in [-0.15, -0.1) is 0 Å². The molecule has 2 heteroatoms. The van der Waals surface area contributed by atoms with Gasteiger partial charge in [0.1, 0.15) is 0 Å². The highest BCUT2D eigenvalue weighted by molar-refractivity contribution is 5.96. The van der Waals surface area contributed by atoms with E-state index in [4.69, 9.17) is 0 Å². The van der Waals surface area contributed by atoms with Crippen LogP contribution in [-0.4, -0.2) is 29.8 Å². The maximum Gasteiger partial charge on any atom is 0.164 e. The number of benzene rings is 1. The van der Waals surface area contributed by atoms with Gasteiger partial charge in [-0.2, -0.15) is 0 Å². The highest BCUT2D eigenvalue weighted by Gasteiger charge is 2.24. The molecule has 2 rings (SSSR count). The molecule has 0 saturated carbocycles. The number of hydrogen-bond donors (Lipinski definition) is 0. The zero-order chi connectivity index (χ0) is 14.7. The normalized spacial score (nSPS) is 23.8. The minimum absolute atomic E-state index is 0.280. The van der Waals surface area contributed by atoms with E-state index in [1.807, 2.05) is 12.1 Å². The molecule has 0 aliphatic carbocycles. The Hall–Kier alpha value is -1.15. The van der Waals surface area contributed by atoms with E-state index < -0.39 is 0 Å². The first-order valence-electron chi connectivity index (χ1n) is 7.83. The number of nitrogens with zero attached hydrogens (tertiary/aromatic N) is 1. The van der Waals surface area contributed by atoms with Crippen LogP contribution in [0.4, 0.5) is 0 Å². The third kappa shape index (κ3) is 3.69. The van der Waals surface area contributed by atoms with Crippen molar-refractivity contribution >= 4 is 5.78 Å². The molecule has 1 fully saturated rings. The highest BCUT2D eigenvalue weighted by Crippen LogP contribution is 2.23. The average Bonchev–Trinajstić information content (AvgIpc) is 2.39. The summed E-state index contributed by atoms with van der Waals surface area (Å²) in [6.45, 7) is 10.8.